The Hall–Kier alpha value is -0.540. The number of rotatable bonds is 2. The Labute approximate surface area is 104 Å². The third-order valence-corrected chi connectivity index (χ3v) is 5.62. The molecule has 4 rings (SSSR count). The van der Waals surface area contributed by atoms with E-state index in [1.54, 1.807) is 11.3 Å². The Bertz CT molecular complexity index is 408. The molecule has 0 aliphatic heterocycles. The van der Waals surface area contributed by atoms with Gasteiger partial charge in [0.05, 0.1) is 4.21 Å². The smallest absolute Gasteiger partial charge is 0.198 e. The van der Waals surface area contributed by atoms with Crippen LogP contribution >= 0.6 is 23.1 Å². The van der Waals surface area contributed by atoms with E-state index in [-0.39, 0.29) is 5.92 Å². The summed E-state index contributed by atoms with van der Waals surface area (Å²) < 4.78 is 1.13. The first-order valence-corrected chi connectivity index (χ1v) is 7.46. The minimum absolute atomic E-state index is 0.274. The molecule has 1 aromatic heterocycles. The standard InChI is InChI=1S/C13H14OS2/c14-13(16-12-2-1-7-15-12)11-8-9-3-5-10(11)6-4-9/h1-3,5,7,9-11H,4,6,8H2/t9-,10+,11+/m1/s1. The summed E-state index contributed by atoms with van der Waals surface area (Å²) in [5, 5.41) is 2.41. The van der Waals surface area contributed by atoms with Crippen molar-refractivity contribution in [2.24, 2.45) is 17.8 Å². The second-order valence-electron chi connectivity index (χ2n) is 4.58. The van der Waals surface area contributed by atoms with Gasteiger partial charge in [-0.2, -0.15) is 0 Å². The van der Waals surface area contributed by atoms with Crippen LogP contribution < -0.4 is 0 Å². The normalized spacial score (nSPS) is 31.9. The number of carbonyl (C=O) groups is 1. The molecule has 1 aromatic rings. The van der Waals surface area contributed by atoms with Gasteiger partial charge in [0.25, 0.3) is 0 Å². The SMILES string of the molecule is O=C(Sc1cccs1)[C@H]1C[C@@H]2C=C[C@H]1CC2. The molecular weight excluding hydrogens is 236 g/mol. The van der Waals surface area contributed by atoms with Gasteiger partial charge in [0.15, 0.2) is 5.12 Å². The lowest BCUT2D eigenvalue weighted by Gasteiger charge is -2.36. The quantitative estimate of drug-likeness (QED) is 0.583. The number of allylic oxidation sites excluding steroid dienone is 2. The molecule has 3 aliphatic rings. The Morgan fingerprint density at radius 2 is 2.31 bits per heavy atom. The molecule has 0 unspecified atom stereocenters. The second-order valence-corrected chi connectivity index (χ2v) is 6.83. The number of carbonyl (C=O) groups excluding carboxylic acids is 1. The Kier molecular flexibility index (Phi) is 2.90. The van der Waals surface area contributed by atoms with Gasteiger partial charge in [0.2, 0.25) is 0 Å². The summed E-state index contributed by atoms with van der Waals surface area (Å²) in [6.45, 7) is 0. The Balaban J connectivity index is 1.70. The van der Waals surface area contributed by atoms with E-state index in [0.29, 0.717) is 17.0 Å². The van der Waals surface area contributed by atoms with Crippen molar-refractivity contribution in [1.29, 1.82) is 0 Å². The van der Waals surface area contributed by atoms with Crippen LogP contribution in [0.25, 0.3) is 0 Å². The first-order valence-electron chi connectivity index (χ1n) is 5.76. The van der Waals surface area contributed by atoms with E-state index in [2.05, 4.69) is 12.2 Å². The molecule has 1 saturated carbocycles. The van der Waals surface area contributed by atoms with Crippen molar-refractivity contribution in [3.05, 3.63) is 29.7 Å². The lowest BCUT2D eigenvalue weighted by Crippen LogP contribution is -2.31. The van der Waals surface area contributed by atoms with Gasteiger partial charge < -0.3 is 0 Å². The van der Waals surface area contributed by atoms with Crippen molar-refractivity contribution in [2.75, 3.05) is 0 Å². The number of fused-ring (bicyclic) bond motifs is 2. The van der Waals surface area contributed by atoms with Crippen LogP contribution in [0.5, 0.6) is 0 Å². The van der Waals surface area contributed by atoms with Gasteiger partial charge in [-0.3, -0.25) is 4.79 Å². The molecule has 1 heterocycles. The Morgan fingerprint density at radius 3 is 2.88 bits per heavy atom. The monoisotopic (exact) mass is 250 g/mol. The number of hydrogen-bond donors (Lipinski definition) is 0. The van der Waals surface area contributed by atoms with E-state index >= 15 is 0 Å². The fourth-order valence-corrected chi connectivity index (χ4v) is 4.52. The number of hydrogen-bond acceptors (Lipinski definition) is 3. The molecule has 0 N–H and O–H groups in total. The summed E-state index contributed by atoms with van der Waals surface area (Å²) >= 11 is 3.10. The van der Waals surface area contributed by atoms with E-state index in [1.807, 2.05) is 17.5 Å². The first-order chi connectivity index (χ1) is 7.83. The van der Waals surface area contributed by atoms with Crippen molar-refractivity contribution in [3.63, 3.8) is 0 Å². The zero-order chi connectivity index (χ0) is 11.0. The minimum Gasteiger partial charge on any atom is -0.286 e. The van der Waals surface area contributed by atoms with Crippen molar-refractivity contribution in [1.82, 2.24) is 0 Å². The maximum absolute atomic E-state index is 12.2. The lowest BCUT2D eigenvalue weighted by atomic mass is 9.70. The molecule has 16 heavy (non-hydrogen) atoms. The fraction of sp³-hybridized carbons (Fsp3) is 0.462. The van der Waals surface area contributed by atoms with Crippen LogP contribution in [0.1, 0.15) is 19.3 Å². The maximum atomic E-state index is 12.2. The molecule has 84 valence electrons. The topological polar surface area (TPSA) is 17.1 Å². The van der Waals surface area contributed by atoms with Gasteiger partial charge >= 0.3 is 0 Å². The number of thiophene rings is 1. The molecule has 0 aromatic carbocycles. The van der Waals surface area contributed by atoms with Crippen LogP contribution in [0.2, 0.25) is 0 Å². The van der Waals surface area contributed by atoms with E-state index in [0.717, 1.165) is 10.6 Å². The zero-order valence-electron chi connectivity index (χ0n) is 8.96. The minimum atomic E-state index is 0.274. The van der Waals surface area contributed by atoms with Gasteiger partial charge in [0.1, 0.15) is 0 Å². The molecule has 3 atom stereocenters. The summed E-state index contributed by atoms with van der Waals surface area (Å²) in [6, 6.07) is 4.04. The van der Waals surface area contributed by atoms with Crippen LogP contribution in [0.3, 0.4) is 0 Å². The largest absolute Gasteiger partial charge is 0.286 e. The van der Waals surface area contributed by atoms with E-state index in [9.17, 15) is 4.79 Å². The van der Waals surface area contributed by atoms with Crippen molar-refractivity contribution >= 4 is 28.2 Å². The predicted octanol–water partition coefficient (Wildman–Crippen LogP) is 3.97. The maximum Gasteiger partial charge on any atom is 0.198 e. The highest BCUT2D eigenvalue weighted by atomic mass is 32.2. The highest BCUT2D eigenvalue weighted by Gasteiger charge is 2.36. The van der Waals surface area contributed by atoms with Crippen LogP contribution in [-0.4, -0.2) is 5.12 Å². The van der Waals surface area contributed by atoms with Gasteiger partial charge in [-0.15, -0.1) is 11.3 Å². The highest BCUT2D eigenvalue weighted by Crippen LogP contribution is 2.43. The van der Waals surface area contributed by atoms with E-state index < -0.39 is 0 Å². The van der Waals surface area contributed by atoms with Crippen LogP contribution in [-0.2, 0) is 4.79 Å². The van der Waals surface area contributed by atoms with Gasteiger partial charge in [-0.25, -0.2) is 0 Å². The summed E-state index contributed by atoms with van der Waals surface area (Å²) in [5.41, 5.74) is 0. The van der Waals surface area contributed by atoms with Crippen LogP contribution in [0.15, 0.2) is 33.9 Å². The van der Waals surface area contributed by atoms with Crippen molar-refractivity contribution in [3.8, 4) is 0 Å². The molecule has 2 bridgehead atoms. The van der Waals surface area contributed by atoms with Gasteiger partial charge in [-0.1, -0.05) is 18.2 Å². The van der Waals surface area contributed by atoms with Gasteiger partial charge in [0, 0.05) is 5.92 Å². The molecular formula is C13H14OS2. The predicted molar refractivity (Wildman–Crippen MR) is 68.6 cm³/mol. The van der Waals surface area contributed by atoms with Crippen LogP contribution in [0.4, 0.5) is 0 Å². The van der Waals surface area contributed by atoms with Crippen molar-refractivity contribution < 1.29 is 4.79 Å². The molecule has 0 spiro atoms. The molecule has 1 fully saturated rings. The van der Waals surface area contributed by atoms with Gasteiger partial charge in [-0.05, 0) is 54.3 Å². The zero-order valence-corrected chi connectivity index (χ0v) is 10.6. The fourth-order valence-electron chi connectivity index (χ4n) is 2.70. The third-order valence-electron chi connectivity index (χ3n) is 3.57. The average molecular weight is 250 g/mol. The summed E-state index contributed by atoms with van der Waals surface area (Å²) in [6.07, 6.45) is 8.17. The van der Waals surface area contributed by atoms with Crippen LogP contribution in [0, 0.1) is 17.8 Å². The average Bonchev–Trinajstić information content (AvgIpc) is 2.83. The lowest BCUT2D eigenvalue weighted by molar-refractivity contribution is -0.116. The molecule has 0 radical (unpaired) electrons. The molecule has 3 aliphatic carbocycles. The molecule has 1 nitrogen and oxygen atoms in total. The van der Waals surface area contributed by atoms with Crippen molar-refractivity contribution in [2.45, 2.75) is 23.5 Å². The van der Waals surface area contributed by atoms with E-state index in [4.69, 9.17) is 0 Å². The molecule has 0 amide bonds. The van der Waals surface area contributed by atoms with E-state index in [1.165, 1.54) is 24.6 Å². The summed E-state index contributed by atoms with van der Waals surface area (Å²) in [5.74, 6) is 1.46. The number of thioether (sulfide) groups is 1. The Morgan fingerprint density at radius 1 is 1.38 bits per heavy atom. The highest BCUT2D eigenvalue weighted by molar-refractivity contribution is 8.15. The summed E-state index contributed by atoms with van der Waals surface area (Å²) in [7, 11) is 0. The molecule has 0 saturated heterocycles. The summed E-state index contributed by atoms with van der Waals surface area (Å²) in [4.78, 5) is 12.2. The molecule has 3 heteroatoms. The second kappa shape index (κ2) is 4.38. The first kappa shape index (κ1) is 10.6. The third kappa shape index (κ3) is 1.98.